The first-order valence-electron chi connectivity index (χ1n) is 8.84. The number of carbonyl (C=O) groups excluding carboxylic acids is 1. The van der Waals surface area contributed by atoms with Gasteiger partial charge in [-0.25, -0.2) is 14.4 Å². The Morgan fingerprint density at radius 3 is 2.56 bits per heavy atom. The number of piperazine rings is 1. The highest BCUT2D eigenvalue weighted by Crippen LogP contribution is 2.27. The highest BCUT2D eigenvalue weighted by molar-refractivity contribution is 7.15. The maximum absolute atomic E-state index is 13.9. The van der Waals surface area contributed by atoms with Gasteiger partial charge in [-0.05, 0) is 24.3 Å². The smallest absolute Gasteiger partial charge is 0.228 e. The predicted molar refractivity (Wildman–Crippen MR) is 104 cm³/mol. The lowest BCUT2D eigenvalue weighted by Gasteiger charge is -2.35. The van der Waals surface area contributed by atoms with Gasteiger partial charge in [-0.15, -0.1) is 11.3 Å². The number of benzene rings is 1. The van der Waals surface area contributed by atoms with Crippen LogP contribution in [0.25, 0.3) is 10.6 Å². The quantitative estimate of drug-likeness (QED) is 0.695. The number of pyridine rings is 1. The zero-order valence-corrected chi connectivity index (χ0v) is 15.5. The second kappa shape index (κ2) is 7.84. The summed E-state index contributed by atoms with van der Waals surface area (Å²) in [5, 5.41) is 0.607. The van der Waals surface area contributed by atoms with Gasteiger partial charge in [-0.1, -0.05) is 18.2 Å². The van der Waals surface area contributed by atoms with Gasteiger partial charge in [0.15, 0.2) is 0 Å². The number of hydrogen-bond donors (Lipinski definition) is 0. The molecule has 1 amide bonds. The molecule has 0 aliphatic carbocycles. The van der Waals surface area contributed by atoms with Crippen molar-refractivity contribution in [2.24, 2.45) is 0 Å². The molecule has 0 N–H and O–H groups in total. The Morgan fingerprint density at radius 2 is 1.81 bits per heavy atom. The Labute approximate surface area is 161 Å². The normalized spacial score (nSPS) is 14.4. The molecular formula is C20H19FN4OS. The van der Waals surface area contributed by atoms with Crippen LogP contribution in [0.15, 0.2) is 54.9 Å². The Morgan fingerprint density at radius 1 is 1.04 bits per heavy atom. The Bertz CT molecular complexity index is 922. The first-order chi connectivity index (χ1) is 13.2. The first-order valence-corrected chi connectivity index (χ1v) is 9.66. The Kier molecular flexibility index (Phi) is 5.11. The second-order valence-electron chi connectivity index (χ2n) is 6.34. The van der Waals surface area contributed by atoms with Gasteiger partial charge < -0.3 is 9.80 Å². The summed E-state index contributed by atoms with van der Waals surface area (Å²) in [5.74, 6) is 0.733. The number of rotatable bonds is 4. The van der Waals surface area contributed by atoms with E-state index in [0.29, 0.717) is 30.1 Å². The molecule has 1 aromatic carbocycles. The number of thiazole rings is 1. The van der Waals surface area contributed by atoms with Gasteiger partial charge in [0.2, 0.25) is 5.91 Å². The van der Waals surface area contributed by atoms with Gasteiger partial charge in [0.1, 0.15) is 16.6 Å². The highest BCUT2D eigenvalue weighted by atomic mass is 32.1. The van der Waals surface area contributed by atoms with Crippen molar-refractivity contribution in [3.05, 3.63) is 65.6 Å². The van der Waals surface area contributed by atoms with Crippen LogP contribution in [-0.4, -0.2) is 47.0 Å². The van der Waals surface area contributed by atoms with Crippen LogP contribution < -0.4 is 4.90 Å². The number of aromatic nitrogens is 2. The van der Waals surface area contributed by atoms with Crippen LogP contribution >= 0.6 is 11.3 Å². The zero-order valence-electron chi connectivity index (χ0n) is 14.7. The second-order valence-corrected chi connectivity index (χ2v) is 7.46. The monoisotopic (exact) mass is 382 g/mol. The summed E-state index contributed by atoms with van der Waals surface area (Å²) in [6.45, 7) is 2.89. The van der Waals surface area contributed by atoms with Crippen LogP contribution in [0, 0.1) is 5.82 Å². The minimum Gasteiger partial charge on any atom is -0.353 e. The van der Waals surface area contributed by atoms with E-state index >= 15 is 0 Å². The van der Waals surface area contributed by atoms with E-state index in [0.717, 1.165) is 23.8 Å². The van der Waals surface area contributed by atoms with Crippen LogP contribution in [0.4, 0.5) is 10.2 Å². The lowest BCUT2D eigenvalue weighted by atomic mass is 10.2. The topological polar surface area (TPSA) is 49.3 Å². The molecule has 7 heteroatoms. The zero-order chi connectivity index (χ0) is 18.6. The van der Waals surface area contributed by atoms with Crippen molar-refractivity contribution in [1.82, 2.24) is 14.9 Å². The molecule has 0 atom stereocenters. The molecule has 0 radical (unpaired) electrons. The summed E-state index contributed by atoms with van der Waals surface area (Å²) in [6, 6.07) is 12.4. The van der Waals surface area contributed by atoms with E-state index in [1.807, 2.05) is 23.1 Å². The molecule has 0 bridgehead atoms. The molecule has 2 aromatic heterocycles. The molecule has 1 aliphatic heterocycles. The van der Waals surface area contributed by atoms with Crippen molar-refractivity contribution < 1.29 is 9.18 Å². The standard InChI is InChI=1S/C20H19FN4OS/c21-17-6-2-1-5-16(17)20-23-14-15(27-20)13-19(26)25-11-9-24(10-12-25)18-7-3-4-8-22-18/h1-8,14H,9-13H2. The van der Waals surface area contributed by atoms with E-state index in [1.165, 1.54) is 17.4 Å². The van der Waals surface area contributed by atoms with Gasteiger partial charge in [0.05, 0.1) is 6.42 Å². The molecule has 1 aliphatic rings. The molecule has 3 aromatic rings. The number of nitrogens with zero attached hydrogens (tertiary/aromatic N) is 4. The van der Waals surface area contributed by atoms with E-state index in [2.05, 4.69) is 14.9 Å². The van der Waals surface area contributed by atoms with E-state index in [-0.39, 0.29) is 11.7 Å². The fourth-order valence-electron chi connectivity index (χ4n) is 3.14. The average Bonchev–Trinajstić information content (AvgIpc) is 3.17. The minimum absolute atomic E-state index is 0.0828. The van der Waals surface area contributed by atoms with E-state index in [4.69, 9.17) is 0 Å². The SMILES string of the molecule is O=C(Cc1cnc(-c2ccccc2F)s1)N1CCN(c2ccccn2)CC1. The van der Waals surface area contributed by atoms with Crippen LogP contribution in [0.1, 0.15) is 4.88 Å². The maximum atomic E-state index is 13.9. The van der Waals surface area contributed by atoms with Crippen LogP contribution in [0.2, 0.25) is 0 Å². The van der Waals surface area contributed by atoms with Gasteiger partial charge in [0.25, 0.3) is 0 Å². The van der Waals surface area contributed by atoms with Gasteiger partial charge in [-0.3, -0.25) is 4.79 Å². The fourth-order valence-corrected chi connectivity index (χ4v) is 4.07. The van der Waals surface area contributed by atoms with Crippen molar-refractivity contribution in [3.63, 3.8) is 0 Å². The van der Waals surface area contributed by atoms with Gasteiger partial charge in [-0.2, -0.15) is 0 Å². The lowest BCUT2D eigenvalue weighted by Crippen LogP contribution is -2.49. The van der Waals surface area contributed by atoms with Crippen LogP contribution in [-0.2, 0) is 11.2 Å². The molecule has 0 unspecified atom stereocenters. The number of anilines is 1. The molecule has 3 heterocycles. The number of halogens is 1. The summed E-state index contributed by atoms with van der Waals surface area (Å²) in [6.07, 6.45) is 3.76. The minimum atomic E-state index is -0.296. The molecule has 1 fully saturated rings. The third-order valence-corrected chi connectivity index (χ3v) is 5.62. The van der Waals surface area contributed by atoms with Crippen molar-refractivity contribution in [2.75, 3.05) is 31.1 Å². The molecule has 0 saturated carbocycles. The average molecular weight is 382 g/mol. The molecule has 5 nitrogen and oxygen atoms in total. The van der Waals surface area contributed by atoms with E-state index in [1.54, 1.807) is 30.6 Å². The first kappa shape index (κ1) is 17.6. The number of hydrogen-bond acceptors (Lipinski definition) is 5. The highest BCUT2D eigenvalue weighted by Gasteiger charge is 2.22. The van der Waals surface area contributed by atoms with Gasteiger partial charge in [0, 0.05) is 49.0 Å². The van der Waals surface area contributed by atoms with Crippen LogP contribution in [0.5, 0.6) is 0 Å². The summed E-state index contributed by atoms with van der Waals surface area (Å²) >= 11 is 1.37. The molecule has 1 saturated heterocycles. The molecule has 4 rings (SSSR count). The molecule has 138 valence electrons. The van der Waals surface area contributed by atoms with Crippen LogP contribution in [0.3, 0.4) is 0 Å². The lowest BCUT2D eigenvalue weighted by molar-refractivity contribution is -0.130. The molecule has 0 spiro atoms. The maximum Gasteiger partial charge on any atom is 0.228 e. The number of carbonyl (C=O) groups is 1. The largest absolute Gasteiger partial charge is 0.353 e. The summed E-state index contributed by atoms with van der Waals surface area (Å²) in [7, 11) is 0. The van der Waals surface area contributed by atoms with Crippen molar-refractivity contribution >= 4 is 23.1 Å². The summed E-state index contributed by atoms with van der Waals surface area (Å²) in [5.41, 5.74) is 0.477. The summed E-state index contributed by atoms with van der Waals surface area (Å²) < 4.78 is 13.9. The van der Waals surface area contributed by atoms with E-state index < -0.39 is 0 Å². The summed E-state index contributed by atoms with van der Waals surface area (Å²) in [4.78, 5) is 26.2. The van der Waals surface area contributed by atoms with Crippen molar-refractivity contribution in [1.29, 1.82) is 0 Å². The number of amides is 1. The third kappa shape index (κ3) is 3.98. The van der Waals surface area contributed by atoms with Gasteiger partial charge >= 0.3 is 0 Å². The van der Waals surface area contributed by atoms with Crippen molar-refractivity contribution in [2.45, 2.75) is 6.42 Å². The Balaban J connectivity index is 1.36. The van der Waals surface area contributed by atoms with Crippen molar-refractivity contribution in [3.8, 4) is 10.6 Å². The molecular weight excluding hydrogens is 363 g/mol. The fraction of sp³-hybridized carbons (Fsp3) is 0.250. The predicted octanol–water partition coefficient (Wildman–Crippen LogP) is 3.24. The third-order valence-electron chi connectivity index (χ3n) is 4.59. The molecule has 27 heavy (non-hydrogen) atoms. The van der Waals surface area contributed by atoms with E-state index in [9.17, 15) is 9.18 Å². The Hall–Kier alpha value is -2.80.